The van der Waals surface area contributed by atoms with Gasteiger partial charge in [-0.2, -0.15) is 0 Å². The lowest BCUT2D eigenvalue weighted by atomic mass is 10.3. The number of H-pyrrole nitrogens is 1. The summed E-state index contributed by atoms with van der Waals surface area (Å²) >= 11 is 0. The lowest BCUT2D eigenvalue weighted by Gasteiger charge is -2.19. The van der Waals surface area contributed by atoms with E-state index in [1.54, 1.807) is 6.92 Å². The SMILES string of the molecule is Cc1cn(C2C=CC(=O)CO2)c(=O)[nH]c1=O. The molecule has 0 bridgehead atoms. The van der Waals surface area contributed by atoms with Crippen molar-refractivity contribution in [2.24, 2.45) is 0 Å². The van der Waals surface area contributed by atoms with E-state index in [1.807, 2.05) is 0 Å². The number of aryl methyl sites for hydroxylation is 1. The smallest absolute Gasteiger partial charge is 0.330 e. The van der Waals surface area contributed by atoms with Crippen LogP contribution in [0.15, 0.2) is 27.9 Å². The van der Waals surface area contributed by atoms with Crippen LogP contribution in [0.1, 0.15) is 11.8 Å². The van der Waals surface area contributed by atoms with Crippen LogP contribution in [0.5, 0.6) is 0 Å². The lowest BCUT2D eigenvalue weighted by Crippen LogP contribution is -2.35. The van der Waals surface area contributed by atoms with Crippen molar-refractivity contribution >= 4 is 5.78 Å². The Balaban J connectivity index is 2.45. The third-order valence-electron chi connectivity index (χ3n) is 2.26. The standard InChI is InChI=1S/C10H10N2O4/c1-6-4-12(10(15)11-9(6)14)8-3-2-7(13)5-16-8/h2-4,8H,5H2,1H3,(H,11,14,15). The maximum atomic E-state index is 11.5. The van der Waals surface area contributed by atoms with E-state index < -0.39 is 17.5 Å². The fourth-order valence-electron chi connectivity index (χ4n) is 1.41. The molecule has 0 aromatic carbocycles. The van der Waals surface area contributed by atoms with Gasteiger partial charge in [0.1, 0.15) is 6.61 Å². The van der Waals surface area contributed by atoms with Crippen molar-refractivity contribution in [3.63, 3.8) is 0 Å². The minimum absolute atomic E-state index is 0.0637. The van der Waals surface area contributed by atoms with E-state index in [2.05, 4.69) is 4.98 Å². The number of rotatable bonds is 1. The predicted octanol–water partition coefficient (Wildman–Crippen LogP) is -0.501. The van der Waals surface area contributed by atoms with Gasteiger partial charge < -0.3 is 4.74 Å². The molecule has 16 heavy (non-hydrogen) atoms. The van der Waals surface area contributed by atoms with Gasteiger partial charge in [0, 0.05) is 11.8 Å². The van der Waals surface area contributed by atoms with Crippen LogP contribution in [0, 0.1) is 6.92 Å². The van der Waals surface area contributed by atoms with E-state index in [4.69, 9.17) is 4.74 Å². The molecule has 1 aromatic heterocycles. The van der Waals surface area contributed by atoms with Crippen molar-refractivity contribution < 1.29 is 9.53 Å². The van der Waals surface area contributed by atoms with E-state index in [-0.39, 0.29) is 12.4 Å². The van der Waals surface area contributed by atoms with Crippen molar-refractivity contribution in [2.45, 2.75) is 13.2 Å². The first-order valence-corrected chi connectivity index (χ1v) is 4.72. The Hall–Kier alpha value is -1.95. The maximum absolute atomic E-state index is 11.5. The monoisotopic (exact) mass is 222 g/mol. The van der Waals surface area contributed by atoms with Gasteiger partial charge in [0.05, 0.1) is 0 Å². The highest BCUT2D eigenvalue weighted by atomic mass is 16.5. The summed E-state index contributed by atoms with van der Waals surface area (Å²) in [5.41, 5.74) is -0.565. The Morgan fingerprint density at radius 1 is 1.44 bits per heavy atom. The summed E-state index contributed by atoms with van der Waals surface area (Å²) in [5, 5.41) is 0. The topological polar surface area (TPSA) is 81.2 Å². The first-order chi connectivity index (χ1) is 7.58. The van der Waals surface area contributed by atoms with Gasteiger partial charge in [0.2, 0.25) is 0 Å². The molecule has 1 aromatic rings. The Labute approximate surface area is 90.2 Å². The second kappa shape index (κ2) is 3.90. The van der Waals surface area contributed by atoms with Gasteiger partial charge in [-0.05, 0) is 19.1 Å². The van der Waals surface area contributed by atoms with Crippen molar-refractivity contribution in [3.05, 3.63) is 44.8 Å². The van der Waals surface area contributed by atoms with Gasteiger partial charge in [-0.3, -0.25) is 19.1 Å². The molecule has 6 heteroatoms. The third kappa shape index (κ3) is 1.87. The van der Waals surface area contributed by atoms with E-state index >= 15 is 0 Å². The van der Waals surface area contributed by atoms with Crippen LogP contribution in [0.4, 0.5) is 0 Å². The highest BCUT2D eigenvalue weighted by molar-refractivity contribution is 5.91. The molecule has 0 spiro atoms. The molecule has 1 aliphatic heterocycles. The van der Waals surface area contributed by atoms with Crippen LogP contribution in [0.25, 0.3) is 0 Å². The highest BCUT2D eigenvalue weighted by Crippen LogP contribution is 2.11. The van der Waals surface area contributed by atoms with Crippen molar-refractivity contribution in [3.8, 4) is 0 Å². The van der Waals surface area contributed by atoms with E-state index in [0.717, 1.165) is 0 Å². The fraction of sp³-hybridized carbons (Fsp3) is 0.300. The summed E-state index contributed by atoms with van der Waals surface area (Å²) in [6, 6.07) is 0. The van der Waals surface area contributed by atoms with Gasteiger partial charge in [-0.1, -0.05) is 0 Å². The average molecular weight is 222 g/mol. The summed E-state index contributed by atoms with van der Waals surface area (Å²) in [6.45, 7) is 1.53. The molecule has 84 valence electrons. The lowest BCUT2D eigenvalue weighted by molar-refractivity contribution is -0.123. The van der Waals surface area contributed by atoms with Crippen LogP contribution in [-0.4, -0.2) is 21.9 Å². The van der Waals surface area contributed by atoms with Crippen molar-refractivity contribution in [1.29, 1.82) is 0 Å². The van der Waals surface area contributed by atoms with Gasteiger partial charge in [-0.15, -0.1) is 0 Å². The number of aromatic amines is 1. The minimum Gasteiger partial charge on any atom is -0.346 e. The summed E-state index contributed by atoms with van der Waals surface area (Å²) in [4.78, 5) is 35.7. The van der Waals surface area contributed by atoms with Crippen LogP contribution in [0.2, 0.25) is 0 Å². The number of ketones is 1. The third-order valence-corrected chi connectivity index (χ3v) is 2.26. The molecule has 1 unspecified atom stereocenters. The second-order valence-electron chi connectivity index (χ2n) is 3.51. The number of aromatic nitrogens is 2. The largest absolute Gasteiger partial charge is 0.346 e. The number of carbonyl (C=O) groups excluding carboxylic acids is 1. The zero-order chi connectivity index (χ0) is 11.7. The molecule has 0 amide bonds. The molecule has 0 fully saturated rings. The molecule has 1 aliphatic rings. The van der Waals surface area contributed by atoms with Crippen LogP contribution < -0.4 is 11.2 Å². The fourth-order valence-corrected chi connectivity index (χ4v) is 1.41. The Bertz CT molecular complexity index is 567. The highest BCUT2D eigenvalue weighted by Gasteiger charge is 2.16. The Morgan fingerprint density at radius 2 is 2.19 bits per heavy atom. The van der Waals surface area contributed by atoms with Crippen LogP contribution in [0.3, 0.4) is 0 Å². The summed E-state index contributed by atoms with van der Waals surface area (Å²) in [6.07, 6.45) is 3.61. The normalized spacial score (nSPS) is 20.1. The molecule has 0 radical (unpaired) electrons. The molecule has 2 rings (SSSR count). The van der Waals surface area contributed by atoms with Crippen LogP contribution in [-0.2, 0) is 9.53 Å². The van der Waals surface area contributed by atoms with Gasteiger partial charge in [0.15, 0.2) is 12.0 Å². The molecular weight excluding hydrogens is 212 g/mol. The maximum Gasteiger partial charge on any atom is 0.330 e. The molecule has 0 aliphatic carbocycles. The number of carbonyl (C=O) groups is 1. The van der Waals surface area contributed by atoms with Gasteiger partial charge in [-0.25, -0.2) is 4.79 Å². The number of ether oxygens (including phenoxy) is 1. The first-order valence-electron chi connectivity index (χ1n) is 4.72. The molecule has 0 saturated carbocycles. The molecular formula is C10H10N2O4. The van der Waals surface area contributed by atoms with E-state index in [0.29, 0.717) is 5.56 Å². The number of nitrogens with one attached hydrogen (secondary N) is 1. The molecule has 1 atom stereocenters. The predicted molar refractivity (Wildman–Crippen MR) is 55.2 cm³/mol. The summed E-state index contributed by atoms with van der Waals surface area (Å²) < 4.78 is 6.39. The van der Waals surface area contributed by atoms with Crippen molar-refractivity contribution in [1.82, 2.24) is 9.55 Å². The Morgan fingerprint density at radius 3 is 2.81 bits per heavy atom. The second-order valence-corrected chi connectivity index (χ2v) is 3.51. The molecule has 1 N–H and O–H groups in total. The summed E-state index contributed by atoms with van der Waals surface area (Å²) in [7, 11) is 0. The quantitative estimate of drug-likeness (QED) is 0.694. The van der Waals surface area contributed by atoms with E-state index in [9.17, 15) is 14.4 Å². The Kier molecular flexibility index (Phi) is 2.57. The number of hydrogen-bond donors (Lipinski definition) is 1. The molecule has 0 saturated heterocycles. The molecule has 6 nitrogen and oxygen atoms in total. The minimum atomic E-state index is -0.638. The zero-order valence-corrected chi connectivity index (χ0v) is 8.60. The van der Waals surface area contributed by atoms with E-state index in [1.165, 1.54) is 22.9 Å². The molecule has 2 heterocycles. The number of nitrogens with zero attached hydrogens (tertiary/aromatic N) is 1. The van der Waals surface area contributed by atoms with Crippen molar-refractivity contribution in [2.75, 3.05) is 6.61 Å². The average Bonchev–Trinajstić information content (AvgIpc) is 2.25. The first kappa shape index (κ1) is 10.6. The number of hydrogen-bond acceptors (Lipinski definition) is 4. The zero-order valence-electron chi connectivity index (χ0n) is 8.60. The van der Waals surface area contributed by atoms with Crippen LogP contribution >= 0.6 is 0 Å². The van der Waals surface area contributed by atoms with Gasteiger partial charge in [0.25, 0.3) is 5.56 Å². The van der Waals surface area contributed by atoms with Gasteiger partial charge >= 0.3 is 5.69 Å². The summed E-state index contributed by atoms with van der Waals surface area (Å²) in [5.74, 6) is -0.148.